The van der Waals surface area contributed by atoms with Crippen LogP contribution in [-0.4, -0.2) is 23.4 Å². The molecule has 0 aromatic heterocycles. The van der Waals surface area contributed by atoms with Crippen molar-refractivity contribution in [1.82, 2.24) is 0 Å². The van der Waals surface area contributed by atoms with E-state index in [0.29, 0.717) is 11.8 Å². The van der Waals surface area contributed by atoms with Crippen LogP contribution in [0.4, 0.5) is 0 Å². The average molecular weight is 198 g/mol. The largest absolute Gasteiger partial charge is 0.396 e. The van der Waals surface area contributed by atoms with E-state index in [9.17, 15) is 10.2 Å². The van der Waals surface area contributed by atoms with E-state index in [1.165, 1.54) is 0 Å². The quantitative estimate of drug-likeness (QED) is 0.679. The smallest absolute Gasteiger partial charge is 0.0522 e. The molecule has 3 atom stereocenters. The summed E-state index contributed by atoms with van der Waals surface area (Å²) in [6, 6.07) is 0. The molecule has 0 aliphatic heterocycles. The number of hydrogen-bond donors (Lipinski definition) is 2. The summed E-state index contributed by atoms with van der Waals surface area (Å²) in [6.45, 7) is 6.71. The second-order valence-corrected chi connectivity index (χ2v) is 5.05. The molecule has 2 nitrogen and oxygen atoms in total. The fraction of sp³-hybridized carbons (Fsp3) is 0.833. The molecule has 0 saturated heterocycles. The Bertz CT molecular complexity index is 210. The Morgan fingerprint density at radius 3 is 2.50 bits per heavy atom. The van der Waals surface area contributed by atoms with Crippen LogP contribution in [0.2, 0.25) is 0 Å². The molecular formula is C12H22O2. The van der Waals surface area contributed by atoms with Crippen molar-refractivity contribution >= 4 is 0 Å². The Kier molecular flexibility index (Phi) is 3.73. The van der Waals surface area contributed by atoms with Crippen LogP contribution in [-0.2, 0) is 0 Å². The van der Waals surface area contributed by atoms with Gasteiger partial charge in [-0.25, -0.2) is 0 Å². The summed E-state index contributed by atoms with van der Waals surface area (Å²) >= 11 is 0. The first-order chi connectivity index (χ1) is 6.53. The molecule has 1 rings (SSSR count). The summed E-state index contributed by atoms with van der Waals surface area (Å²) in [5.41, 5.74) is -0.222. The summed E-state index contributed by atoms with van der Waals surface area (Å²) in [6.07, 6.45) is 5.27. The lowest BCUT2D eigenvalue weighted by Gasteiger charge is -2.39. The fourth-order valence-corrected chi connectivity index (χ4v) is 2.12. The molecule has 0 radical (unpaired) electrons. The Hall–Kier alpha value is -0.340. The molecule has 0 heterocycles. The predicted octanol–water partition coefficient (Wildman–Crippen LogP) is 1.83. The van der Waals surface area contributed by atoms with Crippen molar-refractivity contribution in [2.45, 2.75) is 27.2 Å². The third kappa shape index (κ3) is 2.18. The predicted molar refractivity (Wildman–Crippen MR) is 57.9 cm³/mol. The fourth-order valence-electron chi connectivity index (χ4n) is 2.12. The second kappa shape index (κ2) is 4.45. The van der Waals surface area contributed by atoms with Crippen molar-refractivity contribution in [2.24, 2.45) is 23.2 Å². The second-order valence-electron chi connectivity index (χ2n) is 5.05. The minimum atomic E-state index is -0.222. The van der Waals surface area contributed by atoms with Gasteiger partial charge in [-0.3, -0.25) is 0 Å². The molecule has 0 aromatic rings. The van der Waals surface area contributed by atoms with Crippen molar-refractivity contribution in [3.8, 4) is 0 Å². The maximum Gasteiger partial charge on any atom is 0.0522 e. The number of allylic oxidation sites excluding steroid dienone is 1. The normalized spacial score (nSPS) is 37.9. The highest BCUT2D eigenvalue weighted by Crippen LogP contribution is 2.40. The van der Waals surface area contributed by atoms with Crippen LogP contribution in [0.25, 0.3) is 0 Å². The minimum Gasteiger partial charge on any atom is -0.396 e. The van der Waals surface area contributed by atoms with Gasteiger partial charge in [-0.1, -0.05) is 32.9 Å². The van der Waals surface area contributed by atoms with E-state index in [-0.39, 0.29) is 24.5 Å². The molecule has 2 heteroatoms. The first kappa shape index (κ1) is 11.7. The Morgan fingerprint density at radius 2 is 2.07 bits per heavy atom. The lowest BCUT2D eigenvalue weighted by molar-refractivity contribution is 0.0535. The van der Waals surface area contributed by atoms with Gasteiger partial charge >= 0.3 is 0 Å². The van der Waals surface area contributed by atoms with Crippen molar-refractivity contribution in [2.75, 3.05) is 13.2 Å². The van der Waals surface area contributed by atoms with Gasteiger partial charge in [0.1, 0.15) is 0 Å². The standard InChI is InChI=1S/C12H22O2/c1-9(2)10-4-5-12(3,8-14)11(6-10)7-13/h4-5,9-11,13-14H,6-8H2,1-3H3. The van der Waals surface area contributed by atoms with Gasteiger partial charge in [0.05, 0.1) is 6.61 Å². The van der Waals surface area contributed by atoms with Gasteiger partial charge in [-0.15, -0.1) is 0 Å². The summed E-state index contributed by atoms with van der Waals surface area (Å²) in [4.78, 5) is 0. The van der Waals surface area contributed by atoms with Crippen LogP contribution in [0.5, 0.6) is 0 Å². The SMILES string of the molecule is CC(C)C1C=CC(C)(CO)C(CO)C1. The zero-order valence-electron chi connectivity index (χ0n) is 9.40. The molecule has 1 aliphatic rings. The molecule has 0 spiro atoms. The Labute approximate surface area is 86.6 Å². The molecule has 14 heavy (non-hydrogen) atoms. The maximum absolute atomic E-state index is 9.31. The molecule has 82 valence electrons. The molecule has 0 aromatic carbocycles. The molecule has 0 saturated carbocycles. The third-order valence-corrected chi connectivity index (χ3v) is 3.63. The Balaban J connectivity index is 2.79. The molecule has 0 bridgehead atoms. The van der Waals surface area contributed by atoms with E-state index in [4.69, 9.17) is 0 Å². The van der Waals surface area contributed by atoms with Gasteiger partial charge in [0.2, 0.25) is 0 Å². The van der Waals surface area contributed by atoms with Gasteiger partial charge < -0.3 is 10.2 Å². The zero-order chi connectivity index (χ0) is 10.8. The van der Waals surface area contributed by atoms with Crippen LogP contribution >= 0.6 is 0 Å². The molecule has 1 aliphatic carbocycles. The lowest BCUT2D eigenvalue weighted by Crippen LogP contribution is -2.37. The molecular weight excluding hydrogens is 176 g/mol. The Morgan fingerprint density at radius 1 is 1.43 bits per heavy atom. The minimum absolute atomic E-state index is 0.125. The first-order valence-corrected chi connectivity index (χ1v) is 5.44. The summed E-state index contributed by atoms with van der Waals surface area (Å²) < 4.78 is 0. The van der Waals surface area contributed by atoms with Crippen LogP contribution < -0.4 is 0 Å². The highest BCUT2D eigenvalue weighted by molar-refractivity contribution is 5.08. The highest BCUT2D eigenvalue weighted by atomic mass is 16.3. The van der Waals surface area contributed by atoms with Gasteiger partial charge in [0.25, 0.3) is 0 Å². The van der Waals surface area contributed by atoms with Crippen LogP contribution in [0, 0.1) is 23.2 Å². The summed E-state index contributed by atoms with van der Waals surface area (Å²) in [7, 11) is 0. The summed E-state index contributed by atoms with van der Waals surface area (Å²) in [5.74, 6) is 1.36. The van der Waals surface area contributed by atoms with E-state index in [0.717, 1.165) is 6.42 Å². The van der Waals surface area contributed by atoms with E-state index in [1.54, 1.807) is 0 Å². The van der Waals surface area contributed by atoms with Crippen LogP contribution in [0.1, 0.15) is 27.2 Å². The van der Waals surface area contributed by atoms with Crippen molar-refractivity contribution in [3.05, 3.63) is 12.2 Å². The van der Waals surface area contributed by atoms with Gasteiger partial charge in [0, 0.05) is 12.0 Å². The van der Waals surface area contributed by atoms with E-state index < -0.39 is 0 Å². The topological polar surface area (TPSA) is 40.5 Å². The molecule has 0 amide bonds. The number of hydrogen-bond acceptors (Lipinski definition) is 2. The molecule has 3 unspecified atom stereocenters. The summed E-state index contributed by atoms with van der Waals surface area (Å²) in [5, 5.41) is 18.6. The van der Waals surface area contributed by atoms with Gasteiger partial charge in [0.15, 0.2) is 0 Å². The van der Waals surface area contributed by atoms with E-state index in [1.807, 2.05) is 6.92 Å². The maximum atomic E-state index is 9.31. The third-order valence-electron chi connectivity index (χ3n) is 3.63. The zero-order valence-corrected chi connectivity index (χ0v) is 9.40. The van der Waals surface area contributed by atoms with Crippen molar-refractivity contribution in [3.63, 3.8) is 0 Å². The highest BCUT2D eigenvalue weighted by Gasteiger charge is 2.36. The first-order valence-electron chi connectivity index (χ1n) is 5.44. The number of aliphatic hydroxyl groups excluding tert-OH is 2. The number of aliphatic hydroxyl groups is 2. The monoisotopic (exact) mass is 198 g/mol. The van der Waals surface area contributed by atoms with Crippen molar-refractivity contribution in [1.29, 1.82) is 0 Å². The lowest BCUT2D eigenvalue weighted by atomic mass is 9.67. The average Bonchev–Trinajstić information content (AvgIpc) is 2.18. The molecule has 2 N–H and O–H groups in total. The van der Waals surface area contributed by atoms with Crippen LogP contribution in [0.3, 0.4) is 0 Å². The van der Waals surface area contributed by atoms with Crippen LogP contribution in [0.15, 0.2) is 12.2 Å². The number of rotatable bonds is 3. The van der Waals surface area contributed by atoms with E-state index >= 15 is 0 Å². The van der Waals surface area contributed by atoms with E-state index in [2.05, 4.69) is 26.0 Å². The van der Waals surface area contributed by atoms with Gasteiger partial charge in [-0.2, -0.15) is 0 Å². The molecule has 0 fully saturated rings. The van der Waals surface area contributed by atoms with Crippen molar-refractivity contribution < 1.29 is 10.2 Å². The van der Waals surface area contributed by atoms with Gasteiger partial charge in [-0.05, 0) is 24.2 Å².